The summed E-state index contributed by atoms with van der Waals surface area (Å²) in [4.78, 5) is 40.9. The van der Waals surface area contributed by atoms with E-state index in [-0.39, 0.29) is 25.2 Å². The molecule has 1 heterocycles. The molecule has 2 N–H and O–H groups in total. The Balaban J connectivity index is 2.21. The second-order valence-electron chi connectivity index (χ2n) is 6.87. The molecule has 134 valence electrons. The molecule has 2 rings (SSSR count). The van der Waals surface area contributed by atoms with Crippen molar-refractivity contribution in [3.8, 4) is 0 Å². The zero-order valence-electron chi connectivity index (χ0n) is 14.1. The molecule has 0 saturated heterocycles. The number of ether oxygens (including phenoxy) is 2. The van der Waals surface area contributed by atoms with Crippen LogP contribution in [0.15, 0.2) is 5.16 Å². The lowest BCUT2D eigenvalue weighted by Gasteiger charge is -2.30. The molecule has 0 aromatic rings. The minimum atomic E-state index is -1.40. The monoisotopic (exact) mass is 342 g/mol. The Bertz CT molecular complexity index is 581. The molecule has 3 atom stereocenters. The molecule has 1 amide bonds. The second kappa shape index (κ2) is 6.29. The number of carboxylic acid groups (broad SMARTS) is 1. The Labute approximate surface area is 139 Å². The summed E-state index contributed by atoms with van der Waals surface area (Å²) >= 11 is 0. The summed E-state index contributed by atoms with van der Waals surface area (Å²) in [6.07, 6.45) is -1.28. The van der Waals surface area contributed by atoms with Crippen molar-refractivity contribution in [1.29, 1.82) is 0 Å². The summed E-state index contributed by atoms with van der Waals surface area (Å²) in [5.41, 5.74) is -2.29. The number of carboxylic acids is 1. The number of alkyl carbamates (subject to hydrolysis) is 1. The van der Waals surface area contributed by atoms with E-state index in [9.17, 15) is 14.4 Å². The normalized spacial score (nSPS) is 28.4. The molecule has 2 aliphatic rings. The van der Waals surface area contributed by atoms with Crippen LogP contribution in [0.5, 0.6) is 0 Å². The smallest absolute Gasteiger partial charge is 0.408 e. The van der Waals surface area contributed by atoms with E-state index in [4.69, 9.17) is 19.4 Å². The number of esters is 1. The molecule has 1 aliphatic heterocycles. The van der Waals surface area contributed by atoms with Gasteiger partial charge in [-0.15, -0.1) is 0 Å². The van der Waals surface area contributed by atoms with E-state index in [1.165, 1.54) is 0 Å². The molecular weight excluding hydrogens is 320 g/mol. The molecule has 0 unspecified atom stereocenters. The fourth-order valence-corrected chi connectivity index (χ4v) is 2.94. The van der Waals surface area contributed by atoms with Gasteiger partial charge in [0.15, 0.2) is 5.71 Å². The van der Waals surface area contributed by atoms with Gasteiger partial charge in [0, 0.05) is 6.42 Å². The number of hydrogen-bond acceptors (Lipinski definition) is 7. The summed E-state index contributed by atoms with van der Waals surface area (Å²) in [7, 11) is 0. The largest absolute Gasteiger partial charge is 0.477 e. The van der Waals surface area contributed by atoms with Crippen LogP contribution in [-0.4, -0.2) is 52.7 Å². The molecule has 0 radical (unpaired) electrons. The van der Waals surface area contributed by atoms with Gasteiger partial charge in [0.1, 0.15) is 17.2 Å². The van der Waals surface area contributed by atoms with Crippen molar-refractivity contribution < 1.29 is 33.8 Å². The number of nitrogens with zero attached hydrogens (tertiary/aromatic N) is 1. The van der Waals surface area contributed by atoms with E-state index in [0.717, 1.165) is 0 Å². The van der Waals surface area contributed by atoms with Crippen LogP contribution >= 0.6 is 0 Å². The molecule has 9 heteroatoms. The third-order valence-corrected chi connectivity index (χ3v) is 3.83. The predicted octanol–water partition coefficient (Wildman–Crippen LogP) is 1.06. The van der Waals surface area contributed by atoms with Gasteiger partial charge in [0.05, 0.1) is 12.5 Å². The zero-order valence-corrected chi connectivity index (χ0v) is 14.1. The summed E-state index contributed by atoms with van der Waals surface area (Å²) in [6.45, 7) is 6.88. The van der Waals surface area contributed by atoms with Gasteiger partial charge in [0.2, 0.25) is 0 Å². The van der Waals surface area contributed by atoms with Crippen LogP contribution in [0.4, 0.5) is 4.79 Å². The molecular formula is C15H22N2O7. The Morgan fingerprint density at radius 3 is 2.58 bits per heavy atom. The van der Waals surface area contributed by atoms with Crippen LogP contribution in [0.25, 0.3) is 0 Å². The van der Waals surface area contributed by atoms with Crippen molar-refractivity contribution >= 4 is 23.7 Å². The van der Waals surface area contributed by atoms with Crippen LogP contribution in [-0.2, 0) is 23.9 Å². The molecule has 0 aromatic carbocycles. The lowest BCUT2D eigenvalue weighted by Crippen LogP contribution is -2.55. The van der Waals surface area contributed by atoms with E-state index in [1.807, 2.05) is 0 Å². The Hall–Kier alpha value is -2.32. The van der Waals surface area contributed by atoms with Gasteiger partial charge in [-0.3, -0.25) is 0 Å². The van der Waals surface area contributed by atoms with E-state index in [2.05, 4.69) is 10.5 Å². The fourth-order valence-electron chi connectivity index (χ4n) is 2.94. The molecule has 9 nitrogen and oxygen atoms in total. The summed E-state index contributed by atoms with van der Waals surface area (Å²) in [5.74, 6) is -2.44. The Morgan fingerprint density at radius 2 is 2.04 bits per heavy atom. The van der Waals surface area contributed by atoms with Gasteiger partial charge in [-0.05, 0) is 34.1 Å². The average Bonchev–Trinajstić information content (AvgIpc) is 2.93. The lowest BCUT2D eigenvalue weighted by atomic mass is 9.94. The summed E-state index contributed by atoms with van der Waals surface area (Å²) in [5, 5.41) is 15.3. The van der Waals surface area contributed by atoms with Gasteiger partial charge in [0.25, 0.3) is 0 Å². The SMILES string of the molecule is CCOC(=O)[C@@]1(NC(=O)OC(C)(C)C)C[C@@H]2ON=C(C(=O)O)[C@@H]2C1. The number of carbonyl (C=O) groups is 3. The first-order chi connectivity index (χ1) is 11.1. The second-order valence-corrected chi connectivity index (χ2v) is 6.87. The number of amides is 1. The fraction of sp³-hybridized carbons (Fsp3) is 0.733. The first kappa shape index (κ1) is 18.0. The predicted molar refractivity (Wildman–Crippen MR) is 81.4 cm³/mol. The van der Waals surface area contributed by atoms with E-state index in [1.54, 1.807) is 27.7 Å². The van der Waals surface area contributed by atoms with E-state index in [0.29, 0.717) is 0 Å². The van der Waals surface area contributed by atoms with Crippen molar-refractivity contribution in [2.24, 2.45) is 11.1 Å². The highest BCUT2D eigenvalue weighted by molar-refractivity contribution is 6.37. The zero-order chi connectivity index (χ0) is 18.1. The minimum Gasteiger partial charge on any atom is -0.477 e. The number of carbonyl (C=O) groups excluding carboxylic acids is 2. The van der Waals surface area contributed by atoms with Gasteiger partial charge in [-0.2, -0.15) is 0 Å². The minimum absolute atomic E-state index is 0.0286. The van der Waals surface area contributed by atoms with Crippen LogP contribution in [0.3, 0.4) is 0 Å². The van der Waals surface area contributed by atoms with Gasteiger partial charge in [-0.1, -0.05) is 5.16 Å². The molecule has 0 bridgehead atoms. The number of rotatable bonds is 4. The number of oxime groups is 1. The van der Waals surface area contributed by atoms with E-state index >= 15 is 0 Å². The molecule has 1 fully saturated rings. The van der Waals surface area contributed by atoms with Crippen LogP contribution in [0.1, 0.15) is 40.5 Å². The number of fused-ring (bicyclic) bond motifs is 1. The van der Waals surface area contributed by atoms with Crippen molar-refractivity contribution in [1.82, 2.24) is 5.32 Å². The van der Waals surface area contributed by atoms with Crippen molar-refractivity contribution in [2.75, 3.05) is 6.61 Å². The lowest BCUT2D eigenvalue weighted by molar-refractivity contribution is -0.151. The van der Waals surface area contributed by atoms with Gasteiger partial charge in [-0.25, -0.2) is 14.4 Å². The van der Waals surface area contributed by atoms with Crippen LogP contribution < -0.4 is 5.32 Å². The summed E-state index contributed by atoms with van der Waals surface area (Å²) < 4.78 is 10.3. The number of aliphatic carboxylic acids is 1. The average molecular weight is 342 g/mol. The number of hydrogen-bond donors (Lipinski definition) is 2. The molecule has 1 aliphatic carbocycles. The van der Waals surface area contributed by atoms with Crippen LogP contribution in [0.2, 0.25) is 0 Å². The van der Waals surface area contributed by atoms with E-state index < -0.39 is 41.2 Å². The Morgan fingerprint density at radius 1 is 1.38 bits per heavy atom. The first-order valence-electron chi connectivity index (χ1n) is 7.73. The quantitative estimate of drug-likeness (QED) is 0.732. The van der Waals surface area contributed by atoms with Crippen molar-refractivity contribution in [3.63, 3.8) is 0 Å². The topological polar surface area (TPSA) is 124 Å². The molecule has 24 heavy (non-hydrogen) atoms. The van der Waals surface area contributed by atoms with Crippen molar-refractivity contribution in [3.05, 3.63) is 0 Å². The summed E-state index contributed by atoms with van der Waals surface area (Å²) in [6, 6.07) is 0. The maximum atomic E-state index is 12.4. The maximum Gasteiger partial charge on any atom is 0.408 e. The molecule has 0 spiro atoms. The highest BCUT2D eigenvalue weighted by atomic mass is 16.6. The third-order valence-electron chi connectivity index (χ3n) is 3.83. The van der Waals surface area contributed by atoms with Gasteiger partial charge >= 0.3 is 18.0 Å². The highest BCUT2D eigenvalue weighted by Crippen LogP contribution is 2.42. The Kier molecular flexibility index (Phi) is 4.73. The highest BCUT2D eigenvalue weighted by Gasteiger charge is 2.58. The maximum absolute atomic E-state index is 12.4. The molecule has 0 aromatic heterocycles. The van der Waals surface area contributed by atoms with Crippen LogP contribution in [0, 0.1) is 5.92 Å². The standard InChI is InChI=1S/C15H22N2O7/c1-5-22-12(20)15(16-13(21)23-14(2,3)4)6-8-9(7-15)24-17-10(8)11(18)19/h8-9H,5-7H2,1-4H3,(H,16,21)(H,18,19)/t8-,9+,15+/m1/s1. The molecule has 1 saturated carbocycles. The van der Waals surface area contributed by atoms with Gasteiger partial charge < -0.3 is 24.7 Å². The number of nitrogens with one attached hydrogen (secondary N) is 1. The third kappa shape index (κ3) is 3.60. The van der Waals surface area contributed by atoms with Crippen molar-refractivity contribution in [2.45, 2.75) is 57.8 Å². The first-order valence-corrected chi connectivity index (χ1v) is 7.73.